The molecular weight excluding hydrogens is 376 g/mol. The lowest BCUT2D eigenvalue weighted by atomic mass is 10.1. The van der Waals surface area contributed by atoms with Crippen LogP contribution >= 0.6 is 0 Å². The molecule has 0 aliphatic heterocycles. The highest BCUT2D eigenvalue weighted by Crippen LogP contribution is 2.38. The van der Waals surface area contributed by atoms with E-state index in [4.69, 9.17) is 18.9 Å². The molecule has 8 heteroatoms. The van der Waals surface area contributed by atoms with E-state index in [1.54, 1.807) is 6.07 Å². The van der Waals surface area contributed by atoms with E-state index < -0.39 is 17.9 Å². The lowest BCUT2D eigenvalue weighted by Gasteiger charge is -2.19. The van der Waals surface area contributed by atoms with Crippen molar-refractivity contribution in [2.75, 3.05) is 21.3 Å². The number of benzene rings is 2. The van der Waals surface area contributed by atoms with Crippen molar-refractivity contribution in [3.05, 3.63) is 47.5 Å². The molecule has 0 saturated heterocycles. The number of carbonyl (C=O) groups is 2. The lowest BCUT2D eigenvalue weighted by Crippen LogP contribution is -2.48. The summed E-state index contributed by atoms with van der Waals surface area (Å²) in [5, 5.41) is 0. The summed E-state index contributed by atoms with van der Waals surface area (Å²) < 4.78 is 21.5. The second-order valence-electron chi connectivity index (χ2n) is 6.14. The van der Waals surface area contributed by atoms with Gasteiger partial charge < -0.3 is 18.9 Å². The number of hydrogen-bond donors (Lipinski definition) is 2. The first-order valence-corrected chi connectivity index (χ1v) is 9.07. The summed E-state index contributed by atoms with van der Waals surface area (Å²) >= 11 is 0. The van der Waals surface area contributed by atoms with E-state index in [0.717, 1.165) is 5.56 Å². The molecule has 29 heavy (non-hydrogen) atoms. The summed E-state index contributed by atoms with van der Waals surface area (Å²) in [6.07, 6.45) is -0.323. The molecule has 2 N–H and O–H groups in total. The minimum absolute atomic E-state index is 0.229. The highest BCUT2D eigenvalue weighted by molar-refractivity contribution is 5.97. The number of nitrogens with one attached hydrogen (secondary N) is 2. The van der Waals surface area contributed by atoms with Crippen LogP contribution in [-0.2, 0) is 4.79 Å². The van der Waals surface area contributed by atoms with E-state index in [1.165, 1.54) is 33.5 Å². The van der Waals surface area contributed by atoms with Gasteiger partial charge in [0.15, 0.2) is 17.6 Å². The predicted molar refractivity (Wildman–Crippen MR) is 108 cm³/mol. The van der Waals surface area contributed by atoms with Gasteiger partial charge in [0.2, 0.25) is 5.75 Å². The summed E-state index contributed by atoms with van der Waals surface area (Å²) in [4.78, 5) is 24.9. The van der Waals surface area contributed by atoms with Gasteiger partial charge in [0.05, 0.1) is 21.3 Å². The summed E-state index contributed by atoms with van der Waals surface area (Å²) in [5.41, 5.74) is 5.93. The zero-order valence-electron chi connectivity index (χ0n) is 17.2. The number of aryl methyl sites for hydroxylation is 1. The Morgan fingerprint density at radius 1 is 0.931 bits per heavy atom. The molecule has 1 atom stereocenters. The molecule has 2 aromatic carbocycles. The molecule has 156 valence electrons. The Morgan fingerprint density at radius 2 is 1.55 bits per heavy atom. The van der Waals surface area contributed by atoms with Crippen LogP contribution in [0.3, 0.4) is 0 Å². The summed E-state index contributed by atoms with van der Waals surface area (Å²) in [6.45, 7) is 3.72. The third-order valence-electron chi connectivity index (χ3n) is 4.25. The van der Waals surface area contributed by atoms with Crippen LogP contribution in [0.5, 0.6) is 23.0 Å². The molecule has 0 spiro atoms. The van der Waals surface area contributed by atoms with Crippen molar-refractivity contribution in [3.63, 3.8) is 0 Å². The Labute approximate surface area is 170 Å². The van der Waals surface area contributed by atoms with Crippen LogP contribution in [0.15, 0.2) is 36.4 Å². The molecule has 8 nitrogen and oxygen atoms in total. The number of hydrogen-bond acceptors (Lipinski definition) is 6. The first-order chi connectivity index (χ1) is 13.9. The fraction of sp³-hybridized carbons (Fsp3) is 0.333. The van der Waals surface area contributed by atoms with Crippen LogP contribution in [0.1, 0.15) is 29.3 Å². The zero-order valence-corrected chi connectivity index (χ0v) is 17.2. The van der Waals surface area contributed by atoms with Crippen molar-refractivity contribution in [2.45, 2.75) is 26.4 Å². The Hall–Kier alpha value is -3.42. The third-order valence-corrected chi connectivity index (χ3v) is 4.25. The molecule has 2 amide bonds. The zero-order chi connectivity index (χ0) is 21.4. The van der Waals surface area contributed by atoms with Crippen LogP contribution in [-0.4, -0.2) is 39.2 Å². The number of carbonyl (C=O) groups excluding carboxylic acids is 2. The van der Waals surface area contributed by atoms with Crippen LogP contribution in [0.25, 0.3) is 0 Å². The van der Waals surface area contributed by atoms with Gasteiger partial charge in [-0.2, -0.15) is 0 Å². The van der Waals surface area contributed by atoms with Crippen LogP contribution in [0.4, 0.5) is 0 Å². The topological polar surface area (TPSA) is 95.1 Å². The molecule has 0 heterocycles. The first-order valence-electron chi connectivity index (χ1n) is 9.07. The molecule has 2 rings (SSSR count). The minimum atomic E-state index is -0.753. The van der Waals surface area contributed by atoms with E-state index in [0.29, 0.717) is 29.4 Å². The van der Waals surface area contributed by atoms with E-state index in [1.807, 2.05) is 32.0 Å². The standard InChI is InChI=1S/C21H26N2O6/c1-6-15(29-16-10-8-7-9-13(16)2)21(25)23-22-20(24)14-11-17(26-3)19(28-5)18(12-14)27-4/h7-12,15H,6H2,1-5H3,(H,22,24)(H,23,25). The fourth-order valence-electron chi connectivity index (χ4n) is 2.65. The highest BCUT2D eigenvalue weighted by atomic mass is 16.5. The molecule has 0 aromatic heterocycles. The van der Waals surface area contributed by atoms with E-state index in [-0.39, 0.29) is 5.56 Å². The van der Waals surface area contributed by atoms with Gasteiger partial charge in [-0.3, -0.25) is 20.4 Å². The maximum atomic E-state index is 12.5. The number of methoxy groups -OCH3 is 3. The van der Waals surface area contributed by atoms with Crippen molar-refractivity contribution in [2.24, 2.45) is 0 Å². The normalized spacial score (nSPS) is 11.2. The molecule has 0 radical (unpaired) electrons. The van der Waals surface area contributed by atoms with Gasteiger partial charge in [0, 0.05) is 5.56 Å². The summed E-state index contributed by atoms with van der Waals surface area (Å²) in [5.74, 6) is 0.647. The highest BCUT2D eigenvalue weighted by Gasteiger charge is 2.21. The largest absolute Gasteiger partial charge is 0.493 e. The quantitative estimate of drug-likeness (QED) is 0.659. The number of ether oxygens (including phenoxy) is 4. The van der Waals surface area contributed by atoms with Crippen LogP contribution in [0, 0.1) is 6.92 Å². The maximum absolute atomic E-state index is 12.5. The van der Waals surface area contributed by atoms with Gasteiger partial charge in [-0.05, 0) is 37.1 Å². The number of amides is 2. The monoisotopic (exact) mass is 402 g/mol. The summed E-state index contributed by atoms with van der Waals surface area (Å²) in [7, 11) is 4.38. The fourth-order valence-corrected chi connectivity index (χ4v) is 2.65. The van der Waals surface area contributed by atoms with Crippen LogP contribution in [0.2, 0.25) is 0 Å². The smallest absolute Gasteiger partial charge is 0.279 e. The minimum Gasteiger partial charge on any atom is -0.493 e. The molecule has 0 aliphatic carbocycles. The van der Waals surface area contributed by atoms with Gasteiger partial charge in [-0.1, -0.05) is 25.1 Å². The molecule has 0 fully saturated rings. The van der Waals surface area contributed by atoms with Gasteiger partial charge in [0.1, 0.15) is 5.75 Å². The van der Waals surface area contributed by atoms with Gasteiger partial charge in [0.25, 0.3) is 11.8 Å². The third kappa shape index (κ3) is 5.31. The average Bonchev–Trinajstić information content (AvgIpc) is 2.75. The summed E-state index contributed by atoms with van der Waals surface area (Å²) in [6, 6.07) is 10.4. The van der Waals surface area contributed by atoms with Crippen molar-refractivity contribution in [1.82, 2.24) is 10.9 Å². The maximum Gasteiger partial charge on any atom is 0.279 e. The Morgan fingerprint density at radius 3 is 2.07 bits per heavy atom. The molecule has 0 bridgehead atoms. The molecular formula is C21H26N2O6. The average molecular weight is 402 g/mol. The Balaban J connectivity index is 2.07. The van der Waals surface area contributed by atoms with Gasteiger partial charge in [-0.25, -0.2) is 0 Å². The number of hydrazine groups is 1. The first kappa shape index (κ1) is 21.9. The van der Waals surface area contributed by atoms with E-state index in [2.05, 4.69) is 10.9 Å². The second kappa shape index (κ2) is 10.2. The lowest BCUT2D eigenvalue weighted by molar-refractivity contribution is -0.128. The second-order valence-corrected chi connectivity index (χ2v) is 6.14. The van der Waals surface area contributed by atoms with Crippen molar-refractivity contribution in [1.29, 1.82) is 0 Å². The van der Waals surface area contributed by atoms with Gasteiger partial charge in [-0.15, -0.1) is 0 Å². The van der Waals surface area contributed by atoms with Crippen molar-refractivity contribution in [3.8, 4) is 23.0 Å². The van der Waals surface area contributed by atoms with Crippen molar-refractivity contribution < 1.29 is 28.5 Å². The van der Waals surface area contributed by atoms with Crippen LogP contribution < -0.4 is 29.8 Å². The van der Waals surface area contributed by atoms with E-state index in [9.17, 15) is 9.59 Å². The molecule has 0 saturated carbocycles. The van der Waals surface area contributed by atoms with E-state index >= 15 is 0 Å². The number of rotatable bonds is 8. The SMILES string of the molecule is CCC(Oc1ccccc1C)C(=O)NNC(=O)c1cc(OC)c(OC)c(OC)c1. The number of para-hydroxylation sites is 1. The Kier molecular flexibility index (Phi) is 7.70. The Bertz CT molecular complexity index is 843. The van der Waals surface area contributed by atoms with Gasteiger partial charge >= 0.3 is 0 Å². The van der Waals surface area contributed by atoms with Crippen molar-refractivity contribution >= 4 is 11.8 Å². The molecule has 0 aliphatic rings. The predicted octanol–water partition coefficient (Wildman–Crippen LogP) is 2.64. The molecule has 1 unspecified atom stereocenters. The molecule has 2 aromatic rings.